The highest BCUT2D eigenvalue weighted by Gasteiger charge is 2.16. The summed E-state index contributed by atoms with van der Waals surface area (Å²) in [6.45, 7) is 6.69. The van der Waals surface area contributed by atoms with Crippen LogP contribution in [-0.4, -0.2) is 12.5 Å². The van der Waals surface area contributed by atoms with Gasteiger partial charge in [-0.15, -0.1) is 0 Å². The van der Waals surface area contributed by atoms with Gasteiger partial charge in [0.05, 0.1) is 0 Å². The molecule has 0 aliphatic rings. The second-order valence-electron chi connectivity index (χ2n) is 5.40. The summed E-state index contributed by atoms with van der Waals surface area (Å²) in [5.41, 5.74) is 3.99. The number of hydrogen-bond donors (Lipinski definition) is 0. The fourth-order valence-electron chi connectivity index (χ4n) is 2.04. The Morgan fingerprint density at radius 3 is 2.19 bits per heavy atom. The van der Waals surface area contributed by atoms with Crippen molar-refractivity contribution < 1.29 is 4.79 Å². The van der Waals surface area contributed by atoms with Gasteiger partial charge in [-0.05, 0) is 45.0 Å². The third kappa shape index (κ3) is 4.06. The molecule has 2 aromatic rings. The van der Waals surface area contributed by atoms with Crippen molar-refractivity contribution in [3.63, 3.8) is 0 Å². The number of rotatable bonds is 4. The van der Waals surface area contributed by atoms with Crippen LogP contribution in [0.2, 0.25) is 0 Å². The molecule has 0 heterocycles. The van der Waals surface area contributed by atoms with Crippen LogP contribution in [0.5, 0.6) is 0 Å². The van der Waals surface area contributed by atoms with E-state index in [-0.39, 0.29) is 5.91 Å². The first-order valence-electron chi connectivity index (χ1n) is 7.15. The summed E-state index contributed by atoms with van der Waals surface area (Å²) >= 11 is 0. The maximum atomic E-state index is 12.8. The Morgan fingerprint density at radius 2 is 1.62 bits per heavy atom. The van der Waals surface area contributed by atoms with Crippen LogP contribution < -0.4 is 4.90 Å². The van der Waals surface area contributed by atoms with Crippen LogP contribution in [0.15, 0.2) is 66.2 Å². The number of carbonyl (C=O) groups excluding carboxylic acids is 1. The van der Waals surface area contributed by atoms with Gasteiger partial charge in [-0.25, -0.2) is 0 Å². The summed E-state index contributed by atoms with van der Waals surface area (Å²) in [5, 5.41) is 0. The number of amides is 1. The van der Waals surface area contributed by atoms with Crippen molar-refractivity contribution in [3.8, 4) is 0 Å². The SMILES string of the molecule is CC(C)=CCN(C(=O)c1ccc(C)cc1)c1ccccc1. The van der Waals surface area contributed by atoms with Crippen molar-refractivity contribution in [2.24, 2.45) is 0 Å². The van der Waals surface area contributed by atoms with Crippen molar-refractivity contribution in [1.29, 1.82) is 0 Å². The average molecular weight is 279 g/mol. The predicted molar refractivity (Wildman–Crippen MR) is 88.7 cm³/mol. The van der Waals surface area contributed by atoms with Gasteiger partial charge in [0.15, 0.2) is 0 Å². The zero-order valence-corrected chi connectivity index (χ0v) is 12.8. The molecule has 0 spiro atoms. The largest absolute Gasteiger partial charge is 0.305 e. The number of carbonyl (C=O) groups is 1. The molecule has 1 amide bonds. The Labute approximate surface area is 126 Å². The van der Waals surface area contributed by atoms with E-state index in [0.717, 1.165) is 11.3 Å². The molecule has 2 aromatic carbocycles. The highest BCUT2D eigenvalue weighted by atomic mass is 16.2. The lowest BCUT2D eigenvalue weighted by Gasteiger charge is -2.22. The number of anilines is 1. The third-order valence-corrected chi connectivity index (χ3v) is 3.29. The second kappa shape index (κ2) is 6.89. The number of benzene rings is 2. The quantitative estimate of drug-likeness (QED) is 0.748. The molecule has 108 valence electrons. The summed E-state index contributed by atoms with van der Waals surface area (Å²) in [6, 6.07) is 17.5. The van der Waals surface area contributed by atoms with Crippen molar-refractivity contribution in [3.05, 3.63) is 77.4 Å². The topological polar surface area (TPSA) is 20.3 Å². The summed E-state index contributed by atoms with van der Waals surface area (Å²) in [7, 11) is 0. The summed E-state index contributed by atoms with van der Waals surface area (Å²) < 4.78 is 0. The van der Waals surface area contributed by atoms with E-state index in [1.807, 2.05) is 75.4 Å². The maximum Gasteiger partial charge on any atom is 0.258 e. The molecule has 2 heteroatoms. The Morgan fingerprint density at radius 1 is 1.00 bits per heavy atom. The molecule has 0 unspecified atom stereocenters. The molecule has 0 aromatic heterocycles. The van der Waals surface area contributed by atoms with Gasteiger partial charge in [-0.1, -0.05) is 47.5 Å². The fourth-order valence-corrected chi connectivity index (χ4v) is 2.04. The van der Waals surface area contributed by atoms with Crippen LogP contribution >= 0.6 is 0 Å². The molecule has 0 saturated carbocycles. The van der Waals surface area contributed by atoms with E-state index in [4.69, 9.17) is 0 Å². The maximum absolute atomic E-state index is 12.8. The van der Waals surface area contributed by atoms with E-state index >= 15 is 0 Å². The second-order valence-corrected chi connectivity index (χ2v) is 5.40. The molecule has 0 aliphatic carbocycles. The van der Waals surface area contributed by atoms with Gasteiger partial charge in [0.25, 0.3) is 5.91 Å². The predicted octanol–water partition coefficient (Wildman–Crippen LogP) is 4.61. The van der Waals surface area contributed by atoms with E-state index in [2.05, 4.69) is 6.08 Å². The van der Waals surface area contributed by atoms with Crippen LogP contribution in [0.1, 0.15) is 29.8 Å². The number of nitrogens with zero attached hydrogens (tertiary/aromatic N) is 1. The van der Waals surface area contributed by atoms with E-state index in [1.165, 1.54) is 5.57 Å². The minimum Gasteiger partial charge on any atom is -0.305 e. The Hall–Kier alpha value is -2.35. The molecule has 0 fully saturated rings. The molecular weight excluding hydrogens is 258 g/mol. The van der Waals surface area contributed by atoms with Crippen LogP contribution in [-0.2, 0) is 0 Å². The highest BCUT2D eigenvalue weighted by Crippen LogP contribution is 2.17. The Balaban J connectivity index is 2.32. The molecule has 0 saturated heterocycles. The fraction of sp³-hybridized carbons (Fsp3) is 0.211. The Bertz CT molecular complexity index is 622. The minimum atomic E-state index is 0.0266. The minimum absolute atomic E-state index is 0.0266. The number of para-hydroxylation sites is 1. The lowest BCUT2D eigenvalue weighted by molar-refractivity contribution is 0.0989. The molecule has 2 rings (SSSR count). The van der Waals surface area contributed by atoms with Crippen LogP contribution in [0.4, 0.5) is 5.69 Å². The molecule has 2 nitrogen and oxygen atoms in total. The van der Waals surface area contributed by atoms with Gasteiger partial charge in [0, 0.05) is 17.8 Å². The molecule has 0 radical (unpaired) electrons. The van der Waals surface area contributed by atoms with Crippen molar-refractivity contribution in [2.45, 2.75) is 20.8 Å². The summed E-state index contributed by atoms with van der Waals surface area (Å²) in [5.74, 6) is 0.0266. The van der Waals surface area contributed by atoms with E-state index in [0.29, 0.717) is 12.1 Å². The zero-order valence-electron chi connectivity index (χ0n) is 12.8. The monoisotopic (exact) mass is 279 g/mol. The number of hydrogen-bond acceptors (Lipinski definition) is 1. The smallest absolute Gasteiger partial charge is 0.258 e. The van der Waals surface area contributed by atoms with Gasteiger partial charge in [-0.3, -0.25) is 4.79 Å². The van der Waals surface area contributed by atoms with Gasteiger partial charge in [0.2, 0.25) is 0 Å². The van der Waals surface area contributed by atoms with Crippen molar-refractivity contribution in [2.75, 3.05) is 11.4 Å². The molecule has 0 N–H and O–H groups in total. The number of allylic oxidation sites excluding steroid dienone is 1. The standard InChI is InChI=1S/C19H21NO/c1-15(2)13-14-20(18-7-5-4-6-8-18)19(21)17-11-9-16(3)10-12-17/h4-13H,14H2,1-3H3. The van der Waals surface area contributed by atoms with Gasteiger partial charge < -0.3 is 4.90 Å². The molecule has 0 aliphatic heterocycles. The molecule has 0 bridgehead atoms. The van der Waals surface area contributed by atoms with Gasteiger partial charge >= 0.3 is 0 Å². The van der Waals surface area contributed by atoms with E-state index in [9.17, 15) is 4.79 Å². The normalized spacial score (nSPS) is 10.0. The van der Waals surface area contributed by atoms with Crippen LogP contribution in [0.25, 0.3) is 0 Å². The number of aryl methyl sites for hydroxylation is 1. The first-order valence-corrected chi connectivity index (χ1v) is 7.15. The van der Waals surface area contributed by atoms with E-state index < -0.39 is 0 Å². The molecule has 0 atom stereocenters. The zero-order chi connectivity index (χ0) is 15.2. The third-order valence-electron chi connectivity index (χ3n) is 3.29. The molecular formula is C19H21NO. The lowest BCUT2D eigenvalue weighted by Crippen LogP contribution is -2.31. The van der Waals surface area contributed by atoms with E-state index in [1.54, 1.807) is 4.90 Å². The summed E-state index contributed by atoms with van der Waals surface area (Å²) in [6.07, 6.45) is 2.07. The first-order chi connectivity index (χ1) is 10.1. The van der Waals surface area contributed by atoms with Crippen molar-refractivity contribution >= 4 is 11.6 Å². The van der Waals surface area contributed by atoms with Gasteiger partial charge in [0.1, 0.15) is 0 Å². The average Bonchev–Trinajstić information content (AvgIpc) is 2.49. The summed E-state index contributed by atoms with van der Waals surface area (Å²) in [4.78, 5) is 14.6. The lowest BCUT2D eigenvalue weighted by atomic mass is 10.1. The first kappa shape index (κ1) is 15.0. The Kier molecular flexibility index (Phi) is 4.94. The molecule has 21 heavy (non-hydrogen) atoms. The van der Waals surface area contributed by atoms with Crippen LogP contribution in [0, 0.1) is 6.92 Å². The van der Waals surface area contributed by atoms with Gasteiger partial charge in [-0.2, -0.15) is 0 Å². The highest BCUT2D eigenvalue weighted by molar-refractivity contribution is 6.06. The van der Waals surface area contributed by atoms with Crippen molar-refractivity contribution in [1.82, 2.24) is 0 Å². The van der Waals surface area contributed by atoms with Crippen LogP contribution in [0.3, 0.4) is 0 Å².